The lowest BCUT2D eigenvalue weighted by Gasteiger charge is -2.05. The Kier molecular flexibility index (Phi) is 6.18. The summed E-state index contributed by atoms with van der Waals surface area (Å²) < 4.78 is 1.14. The van der Waals surface area contributed by atoms with Crippen LogP contribution in [0.25, 0.3) is 31.2 Å². The second-order valence-corrected chi connectivity index (χ2v) is 7.52. The molecule has 0 bridgehead atoms. The number of thiazole rings is 1. The van der Waals surface area contributed by atoms with Crippen LogP contribution in [0.2, 0.25) is 0 Å². The number of nitrogens with zero attached hydrogens (tertiary/aromatic N) is 5. The highest BCUT2D eigenvalue weighted by Gasteiger charge is 2.18. The van der Waals surface area contributed by atoms with Crippen LogP contribution in [-0.4, -0.2) is 34.6 Å². The molecule has 0 saturated heterocycles. The summed E-state index contributed by atoms with van der Waals surface area (Å²) in [6, 6.07) is 8.04. The molecule has 0 aliphatic heterocycles. The summed E-state index contributed by atoms with van der Waals surface area (Å²) in [6.07, 6.45) is 3.59. The quantitative estimate of drug-likeness (QED) is 0.251. The standard InChI is InChI=1S/C19H15N5S2.C2H4/c1-11-17(26-19(23-11)12-5-4-7-22-10-12)16-13-6-8-25-15(13)9-14(24-16)18(20-2)21-3;1-2/h4-10H,2H2,1,3H3;1-2H2. The Morgan fingerprint density at radius 2 is 2.00 bits per heavy atom. The van der Waals surface area contributed by atoms with E-state index in [2.05, 4.69) is 46.3 Å². The van der Waals surface area contributed by atoms with E-state index in [4.69, 9.17) is 9.97 Å². The lowest BCUT2D eigenvalue weighted by Crippen LogP contribution is -2.01. The number of aryl methyl sites for hydroxylation is 1. The first-order valence-electron chi connectivity index (χ1n) is 8.41. The molecule has 4 heterocycles. The van der Waals surface area contributed by atoms with Crippen molar-refractivity contribution in [3.8, 4) is 21.1 Å². The molecule has 0 unspecified atom stereocenters. The molecule has 0 N–H and O–H groups in total. The predicted octanol–water partition coefficient (Wildman–Crippen LogP) is 5.67. The third kappa shape index (κ3) is 3.67. The molecule has 0 aliphatic rings. The number of fused-ring (bicyclic) bond motifs is 1. The molecule has 0 aliphatic carbocycles. The zero-order valence-corrected chi connectivity index (χ0v) is 17.3. The number of rotatable bonds is 3. The molecule has 0 fully saturated rings. The molecule has 0 saturated carbocycles. The molecule has 0 atom stereocenters. The maximum absolute atomic E-state index is 4.85. The van der Waals surface area contributed by atoms with Gasteiger partial charge in [0.2, 0.25) is 0 Å². The molecule has 4 aromatic heterocycles. The number of aliphatic imine (C=N–C) groups is 2. The number of aromatic nitrogens is 3. The Hall–Kier alpha value is -3.03. The van der Waals surface area contributed by atoms with Gasteiger partial charge in [-0.1, -0.05) is 0 Å². The monoisotopic (exact) mass is 405 g/mol. The van der Waals surface area contributed by atoms with E-state index >= 15 is 0 Å². The lowest BCUT2D eigenvalue weighted by molar-refractivity contribution is 1.24. The molecule has 28 heavy (non-hydrogen) atoms. The first-order chi connectivity index (χ1) is 13.7. The second-order valence-electron chi connectivity index (χ2n) is 5.57. The lowest BCUT2D eigenvalue weighted by atomic mass is 10.1. The van der Waals surface area contributed by atoms with Crippen LogP contribution in [0.4, 0.5) is 0 Å². The fourth-order valence-electron chi connectivity index (χ4n) is 2.75. The first-order valence-corrected chi connectivity index (χ1v) is 10.1. The summed E-state index contributed by atoms with van der Waals surface area (Å²) in [6.45, 7) is 11.6. The summed E-state index contributed by atoms with van der Waals surface area (Å²) in [4.78, 5) is 23.0. The van der Waals surface area contributed by atoms with Crippen LogP contribution in [0.5, 0.6) is 0 Å². The van der Waals surface area contributed by atoms with Crippen LogP contribution in [0.3, 0.4) is 0 Å². The van der Waals surface area contributed by atoms with E-state index in [1.54, 1.807) is 35.9 Å². The van der Waals surface area contributed by atoms with Gasteiger partial charge in [0.1, 0.15) is 10.7 Å². The first kappa shape index (κ1) is 19.7. The van der Waals surface area contributed by atoms with E-state index in [0.717, 1.165) is 42.6 Å². The van der Waals surface area contributed by atoms with E-state index in [1.165, 1.54) is 0 Å². The van der Waals surface area contributed by atoms with Crippen molar-refractivity contribution < 1.29 is 0 Å². The summed E-state index contributed by atoms with van der Waals surface area (Å²) in [5, 5.41) is 4.12. The third-order valence-corrected chi connectivity index (χ3v) is 6.04. The summed E-state index contributed by atoms with van der Waals surface area (Å²) in [5.41, 5.74) is 3.59. The van der Waals surface area contributed by atoms with E-state index in [0.29, 0.717) is 5.84 Å². The average Bonchev–Trinajstić information content (AvgIpc) is 3.37. The Morgan fingerprint density at radius 1 is 1.18 bits per heavy atom. The smallest absolute Gasteiger partial charge is 0.172 e. The molecular formula is C21H19N5S2. The third-order valence-electron chi connectivity index (χ3n) is 3.96. The van der Waals surface area contributed by atoms with Crippen LogP contribution >= 0.6 is 22.7 Å². The minimum absolute atomic E-state index is 0.538. The Bertz CT molecular complexity index is 1140. The molecule has 0 amide bonds. The van der Waals surface area contributed by atoms with Crippen molar-refractivity contribution in [2.75, 3.05) is 7.05 Å². The molecule has 5 nitrogen and oxygen atoms in total. The molecule has 0 radical (unpaired) electrons. The number of amidine groups is 1. The van der Waals surface area contributed by atoms with Gasteiger partial charge in [0.05, 0.1) is 16.3 Å². The van der Waals surface area contributed by atoms with Gasteiger partial charge in [0.25, 0.3) is 0 Å². The van der Waals surface area contributed by atoms with Gasteiger partial charge in [-0.15, -0.1) is 35.8 Å². The summed E-state index contributed by atoms with van der Waals surface area (Å²) >= 11 is 3.30. The van der Waals surface area contributed by atoms with E-state index in [1.807, 2.05) is 31.3 Å². The van der Waals surface area contributed by atoms with Crippen LogP contribution in [0, 0.1) is 6.92 Å². The van der Waals surface area contributed by atoms with Crippen molar-refractivity contribution in [1.29, 1.82) is 0 Å². The minimum Gasteiger partial charge on any atom is -0.268 e. The van der Waals surface area contributed by atoms with Gasteiger partial charge in [-0.2, -0.15) is 0 Å². The molecule has 7 heteroatoms. The largest absolute Gasteiger partial charge is 0.268 e. The summed E-state index contributed by atoms with van der Waals surface area (Å²) in [7, 11) is 1.70. The van der Waals surface area contributed by atoms with Crippen molar-refractivity contribution in [1.82, 2.24) is 15.0 Å². The molecule has 4 rings (SSSR count). The molecular weight excluding hydrogens is 386 g/mol. The van der Waals surface area contributed by atoms with Crippen LogP contribution < -0.4 is 0 Å². The van der Waals surface area contributed by atoms with Gasteiger partial charge < -0.3 is 0 Å². The zero-order valence-electron chi connectivity index (χ0n) is 15.7. The highest BCUT2D eigenvalue weighted by Crippen LogP contribution is 2.38. The fourth-order valence-corrected chi connectivity index (χ4v) is 4.63. The zero-order chi connectivity index (χ0) is 20.1. The topological polar surface area (TPSA) is 63.4 Å². The average molecular weight is 406 g/mol. The number of pyridine rings is 2. The minimum atomic E-state index is 0.538. The Morgan fingerprint density at radius 3 is 2.68 bits per heavy atom. The van der Waals surface area contributed by atoms with Crippen molar-refractivity contribution >= 4 is 45.3 Å². The predicted molar refractivity (Wildman–Crippen MR) is 122 cm³/mol. The van der Waals surface area contributed by atoms with Gasteiger partial charge >= 0.3 is 0 Å². The van der Waals surface area contributed by atoms with Crippen molar-refractivity contribution in [3.63, 3.8) is 0 Å². The summed E-state index contributed by atoms with van der Waals surface area (Å²) in [5.74, 6) is 0.538. The van der Waals surface area contributed by atoms with Crippen LogP contribution in [-0.2, 0) is 0 Å². The van der Waals surface area contributed by atoms with Crippen LogP contribution in [0.15, 0.2) is 65.2 Å². The van der Waals surface area contributed by atoms with Gasteiger partial charge in [-0.05, 0) is 43.3 Å². The van der Waals surface area contributed by atoms with Crippen LogP contribution in [0.1, 0.15) is 11.4 Å². The highest BCUT2D eigenvalue weighted by molar-refractivity contribution is 7.19. The van der Waals surface area contributed by atoms with Gasteiger partial charge in [0.15, 0.2) is 5.84 Å². The van der Waals surface area contributed by atoms with E-state index in [9.17, 15) is 0 Å². The molecule has 0 spiro atoms. The van der Waals surface area contributed by atoms with E-state index < -0.39 is 0 Å². The fraction of sp³-hybridized carbons (Fsp3) is 0.0952. The Balaban J connectivity index is 0.00000109. The van der Waals surface area contributed by atoms with Gasteiger partial charge in [0, 0.05) is 35.1 Å². The highest BCUT2D eigenvalue weighted by atomic mass is 32.1. The normalized spacial score (nSPS) is 11.1. The maximum Gasteiger partial charge on any atom is 0.172 e. The SMILES string of the molecule is C=C.C=NC(=NC)c1cc2sccc2c(-c2sc(-c3cccnc3)nc2C)n1. The maximum atomic E-state index is 4.85. The molecule has 140 valence electrons. The second kappa shape index (κ2) is 8.77. The molecule has 4 aromatic rings. The van der Waals surface area contributed by atoms with Crippen molar-refractivity contribution in [2.24, 2.45) is 9.98 Å². The number of hydrogen-bond acceptors (Lipinski definition) is 6. The van der Waals surface area contributed by atoms with Crippen molar-refractivity contribution in [3.05, 3.63) is 66.6 Å². The molecule has 0 aromatic carbocycles. The van der Waals surface area contributed by atoms with Gasteiger partial charge in [-0.3, -0.25) is 9.98 Å². The van der Waals surface area contributed by atoms with Crippen molar-refractivity contribution in [2.45, 2.75) is 6.92 Å². The van der Waals surface area contributed by atoms with E-state index in [-0.39, 0.29) is 0 Å². The Labute approximate surface area is 171 Å². The number of thiophene rings is 1. The van der Waals surface area contributed by atoms with Gasteiger partial charge in [-0.25, -0.2) is 15.0 Å². The number of hydrogen-bond donors (Lipinski definition) is 0.